The summed E-state index contributed by atoms with van der Waals surface area (Å²) in [4.78, 5) is 21.7. The number of para-hydroxylation sites is 1. The van der Waals surface area contributed by atoms with Gasteiger partial charge in [0.2, 0.25) is 0 Å². The zero-order valence-corrected chi connectivity index (χ0v) is 14.0. The van der Waals surface area contributed by atoms with Gasteiger partial charge in [0.05, 0.1) is 23.2 Å². The average molecular weight is 352 g/mol. The topological polar surface area (TPSA) is 102 Å². The summed E-state index contributed by atoms with van der Waals surface area (Å²) >= 11 is 0. The highest BCUT2D eigenvalue weighted by atomic mass is 16.6. The van der Waals surface area contributed by atoms with Crippen LogP contribution in [0.3, 0.4) is 0 Å². The van der Waals surface area contributed by atoms with Gasteiger partial charge < -0.3 is 9.47 Å². The minimum atomic E-state index is -0.502. The van der Waals surface area contributed by atoms with Crippen molar-refractivity contribution in [3.8, 4) is 11.8 Å². The molecule has 0 aliphatic heterocycles. The second-order valence-electron chi connectivity index (χ2n) is 5.11. The van der Waals surface area contributed by atoms with Gasteiger partial charge in [-0.2, -0.15) is 5.26 Å². The van der Waals surface area contributed by atoms with Gasteiger partial charge in [0, 0.05) is 17.7 Å². The minimum absolute atomic E-state index is 0.0517. The Balaban J connectivity index is 2.27. The molecule has 2 aromatic carbocycles. The lowest BCUT2D eigenvalue weighted by Crippen LogP contribution is -2.14. The maximum Gasteiger partial charge on any atom is 0.344 e. The molecule has 0 N–H and O–H groups in total. The largest absolute Gasteiger partial charge is 0.481 e. The fraction of sp³-hybridized carbons (Fsp3) is 0.158. The molecule has 0 aliphatic carbocycles. The number of allylic oxidation sites excluding steroid dienone is 1. The first-order valence-electron chi connectivity index (χ1n) is 7.79. The van der Waals surface area contributed by atoms with E-state index in [-0.39, 0.29) is 18.9 Å². The van der Waals surface area contributed by atoms with Crippen molar-refractivity contribution in [2.75, 3.05) is 13.2 Å². The SMILES string of the molecule is CCOC(=O)COc1ccccc1/C=C(\C#N)c1ccc([N+](=O)[O-])cc1. The molecule has 0 amide bonds. The average Bonchev–Trinajstić information content (AvgIpc) is 2.65. The number of hydrogen-bond acceptors (Lipinski definition) is 6. The van der Waals surface area contributed by atoms with Crippen LogP contribution in [0.2, 0.25) is 0 Å². The Kier molecular flexibility index (Phi) is 6.46. The van der Waals surface area contributed by atoms with Crippen LogP contribution in [0.25, 0.3) is 11.6 Å². The van der Waals surface area contributed by atoms with Crippen LogP contribution in [-0.4, -0.2) is 24.1 Å². The van der Waals surface area contributed by atoms with E-state index in [4.69, 9.17) is 9.47 Å². The summed E-state index contributed by atoms with van der Waals surface area (Å²) in [6, 6.07) is 14.7. The number of nitriles is 1. The van der Waals surface area contributed by atoms with Gasteiger partial charge in [0.15, 0.2) is 6.61 Å². The Labute approximate surface area is 150 Å². The maximum absolute atomic E-state index is 11.4. The number of carbonyl (C=O) groups excluding carboxylic acids is 1. The summed E-state index contributed by atoms with van der Waals surface area (Å²) in [5.41, 5.74) is 1.40. The summed E-state index contributed by atoms with van der Waals surface area (Å²) in [6.07, 6.45) is 1.60. The Morgan fingerprint density at radius 2 is 1.92 bits per heavy atom. The van der Waals surface area contributed by atoms with E-state index in [2.05, 4.69) is 6.07 Å². The molecule has 132 valence electrons. The molecule has 7 heteroatoms. The molecule has 0 aromatic heterocycles. The van der Waals surface area contributed by atoms with Crippen LogP contribution in [0.1, 0.15) is 18.1 Å². The first-order valence-corrected chi connectivity index (χ1v) is 7.79. The van der Waals surface area contributed by atoms with E-state index in [9.17, 15) is 20.2 Å². The molecule has 0 fully saturated rings. The van der Waals surface area contributed by atoms with E-state index < -0.39 is 10.9 Å². The summed E-state index contributed by atoms with van der Waals surface area (Å²) in [7, 11) is 0. The highest BCUT2D eigenvalue weighted by Gasteiger charge is 2.10. The molecule has 26 heavy (non-hydrogen) atoms. The van der Waals surface area contributed by atoms with E-state index in [1.807, 2.05) is 0 Å². The molecular weight excluding hydrogens is 336 g/mol. The van der Waals surface area contributed by atoms with Gasteiger partial charge in [-0.1, -0.05) is 18.2 Å². The second kappa shape index (κ2) is 8.99. The predicted octanol–water partition coefficient (Wildman–Crippen LogP) is 3.60. The number of rotatable bonds is 7. The lowest BCUT2D eigenvalue weighted by Gasteiger charge is -2.09. The maximum atomic E-state index is 11.4. The van der Waals surface area contributed by atoms with Gasteiger partial charge in [-0.25, -0.2) is 4.79 Å². The minimum Gasteiger partial charge on any atom is -0.481 e. The molecule has 2 rings (SSSR count). The zero-order valence-electron chi connectivity index (χ0n) is 14.0. The van der Waals surface area contributed by atoms with Crippen molar-refractivity contribution < 1.29 is 19.2 Å². The molecule has 0 atom stereocenters. The van der Waals surface area contributed by atoms with E-state index in [0.717, 1.165) is 0 Å². The lowest BCUT2D eigenvalue weighted by molar-refractivity contribution is -0.384. The Hall–Kier alpha value is -3.66. The number of carbonyl (C=O) groups is 1. The third kappa shape index (κ3) is 4.92. The van der Waals surface area contributed by atoms with Crippen molar-refractivity contribution >= 4 is 23.3 Å². The van der Waals surface area contributed by atoms with Crippen LogP contribution in [0, 0.1) is 21.4 Å². The number of nitro benzene ring substituents is 1. The molecule has 0 saturated heterocycles. The summed E-state index contributed by atoms with van der Waals surface area (Å²) in [6.45, 7) is 1.73. The molecule has 0 saturated carbocycles. The quantitative estimate of drug-likeness (QED) is 0.248. The zero-order chi connectivity index (χ0) is 18.9. The normalized spacial score (nSPS) is 10.7. The predicted molar refractivity (Wildman–Crippen MR) is 95.2 cm³/mol. The van der Waals surface area contributed by atoms with Gasteiger partial charge in [-0.05, 0) is 36.8 Å². The number of nitro groups is 1. The van der Waals surface area contributed by atoms with E-state index in [0.29, 0.717) is 22.4 Å². The lowest BCUT2D eigenvalue weighted by atomic mass is 10.0. The van der Waals surface area contributed by atoms with Crippen molar-refractivity contribution in [3.63, 3.8) is 0 Å². The number of hydrogen-bond donors (Lipinski definition) is 0. The van der Waals surface area contributed by atoms with Crippen molar-refractivity contribution in [1.82, 2.24) is 0 Å². The number of esters is 1. The van der Waals surface area contributed by atoms with Crippen LogP contribution in [0.4, 0.5) is 5.69 Å². The summed E-state index contributed by atoms with van der Waals surface area (Å²) < 4.78 is 10.3. The highest BCUT2D eigenvalue weighted by Crippen LogP contribution is 2.25. The number of nitrogens with zero attached hydrogens (tertiary/aromatic N) is 2. The van der Waals surface area contributed by atoms with Crippen LogP contribution in [0.15, 0.2) is 48.5 Å². The van der Waals surface area contributed by atoms with Crippen LogP contribution in [-0.2, 0) is 9.53 Å². The standard InChI is InChI=1S/C19H16N2O5/c1-2-25-19(22)13-26-18-6-4-3-5-15(18)11-16(12-20)14-7-9-17(10-8-14)21(23)24/h3-11H,2,13H2,1H3/b16-11+. The van der Waals surface area contributed by atoms with Gasteiger partial charge in [0.25, 0.3) is 5.69 Å². The second-order valence-corrected chi connectivity index (χ2v) is 5.11. The Bertz CT molecular complexity index is 866. The molecule has 7 nitrogen and oxygen atoms in total. The number of ether oxygens (including phenoxy) is 2. The number of non-ortho nitro benzene ring substituents is 1. The van der Waals surface area contributed by atoms with Crippen LogP contribution in [0.5, 0.6) is 5.75 Å². The van der Waals surface area contributed by atoms with Crippen molar-refractivity contribution in [1.29, 1.82) is 5.26 Å². The van der Waals surface area contributed by atoms with Crippen molar-refractivity contribution in [2.45, 2.75) is 6.92 Å². The summed E-state index contributed by atoms with van der Waals surface area (Å²) in [5.74, 6) is -0.0580. The Morgan fingerprint density at radius 1 is 1.23 bits per heavy atom. The molecular formula is C19H16N2O5. The van der Waals surface area contributed by atoms with Gasteiger partial charge in [-0.3, -0.25) is 10.1 Å². The van der Waals surface area contributed by atoms with Gasteiger partial charge in [-0.15, -0.1) is 0 Å². The fourth-order valence-electron chi connectivity index (χ4n) is 2.17. The van der Waals surface area contributed by atoms with E-state index >= 15 is 0 Å². The molecule has 0 unspecified atom stereocenters. The molecule has 0 aliphatic rings. The third-order valence-corrected chi connectivity index (χ3v) is 3.38. The highest BCUT2D eigenvalue weighted by molar-refractivity contribution is 5.90. The molecule has 0 spiro atoms. The number of benzene rings is 2. The monoisotopic (exact) mass is 352 g/mol. The van der Waals surface area contributed by atoms with E-state index in [1.54, 1.807) is 37.3 Å². The van der Waals surface area contributed by atoms with Crippen LogP contribution >= 0.6 is 0 Å². The molecule has 0 radical (unpaired) electrons. The Morgan fingerprint density at radius 3 is 2.54 bits per heavy atom. The third-order valence-electron chi connectivity index (χ3n) is 3.38. The molecule has 0 heterocycles. The fourth-order valence-corrected chi connectivity index (χ4v) is 2.17. The first-order chi connectivity index (χ1) is 12.5. The smallest absolute Gasteiger partial charge is 0.344 e. The van der Waals surface area contributed by atoms with Gasteiger partial charge in [0.1, 0.15) is 5.75 Å². The molecule has 0 bridgehead atoms. The van der Waals surface area contributed by atoms with Gasteiger partial charge >= 0.3 is 5.97 Å². The van der Waals surface area contributed by atoms with Crippen LogP contribution < -0.4 is 4.74 Å². The van der Waals surface area contributed by atoms with Crippen molar-refractivity contribution in [3.05, 3.63) is 69.8 Å². The summed E-state index contributed by atoms with van der Waals surface area (Å²) in [5, 5.41) is 20.2. The first kappa shape index (κ1) is 18.7. The van der Waals surface area contributed by atoms with Crippen molar-refractivity contribution in [2.24, 2.45) is 0 Å². The molecule has 2 aromatic rings. The van der Waals surface area contributed by atoms with E-state index in [1.165, 1.54) is 24.3 Å².